The van der Waals surface area contributed by atoms with E-state index in [1.54, 1.807) is 0 Å². The van der Waals surface area contributed by atoms with Gasteiger partial charge in [0.15, 0.2) is 5.75 Å². The summed E-state index contributed by atoms with van der Waals surface area (Å²) in [4.78, 5) is 23.0. The maximum Gasteiger partial charge on any atom is 0.573 e. The number of aromatic nitrogens is 2. The average molecular weight is 452 g/mol. The number of alkyl halides is 3. The van der Waals surface area contributed by atoms with Gasteiger partial charge in [0, 0.05) is 32.2 Å². The van der Waals surface area contributed by atoms with Crippen LogP contribution in [0.1, 0.15) is 31.5 Å². The third kappa shape index (κ3) is 6.89. The monoisotopic (exact) mass is 452 g/mol. The number of halogens is 3. The summed E-state index contributed by atoms with van der Waals surface area (Å²) < 4.78 is 41.6. The largest absolute Gasteiger partial charge is 0.573 e. The summed E-state index contributed by atoms with van der Waals surface area (Å²) in [6, 6.07) is 6.89. The smallest absolute Gasteiger partial charge is 0.404 e. The van der Waals surface area contributed by atoms with Crippen molar-refractivity contribution in [1.29, 1.82) is 0 Å². The summed E-state index contributed by atoms with van der Waals surface area (Å²) >= 11 is 0. The minimum atomic E-state index is -4.84. The molecule has 1 aromatic heterocycles. The SMILES string of the molecule is Cc1nc(NC2CCC(NC(=O)Nc3ccccc3OC(F)(F)F)CC2)cc(N(C)C)n1. The number of nitrogens with zero attached hydrogens (tertiary/aromatic N) is 3. The van der Waals surface area contributed by atoms with Gasteiger partial charge in [0.1, 0.15) is 17.5 Å². The van der Waals surface area contributed by atoms with E-state index in [1.807, 2.05) is 32.0 Å². The van der Waals surface area contributed by atoms with E-state index in [0.717, 1.165) is 43.4 Å². The van der Waals surface area contributed by atoms with Crippen LogP contribution in [0.15, 0.2) is 30.3 Å². The van der Waals surface area contributed by atoms with Crippen LogP contribution in [-0.4, -0.2) is 48.5 Å². The number of benzene rings is 1. The fourth-order valence-electron chi connectivity index (χ4n) is 3.57. The maximum atomic E-state index is 12.5. The first-order valence-electron chi connectivity index (χ1n) is 10.3. The molecule has 11 heteroatoms. The zero-order chi connectivity index (χ0) is 23.3. The van der Waals surface area contributed by atoms with Crippen molar-refractivity contribution in [1.82, 2.24) is 15.3 Å². The summed E-state index contributed by atoms with van der Waals surface area (Å²) in [5.41, 5.74) is -0.0477. The summed E-state index contributed by atoms with van der Waals surface area (Å²) in [7, 11) is 3.84. The van der Waals surface area contributed by atoms with E-state index in [4.69, 9.17) is 0 Å². The van der Waals surface area contributed by atoms with E-state index in [1.165, 1.54) is 18.2 Å². The number of rotatable bonds is 6. The molecule has 0 radical (unpaired) electrons. The van der Waals surface area contributed by atoms with Crippen molar-refractivity contribution in [2.45, 2.75) is 51.1 Å². The van der Waals surface area contributed by atoms with Gasteiger partial charge in [-0.3, -0.25) is 0 Å². The Morgan fingerprint density at radius 3 is 2.41 bits per heavy atom. The minimum absolute atomic E-state index is 0.0477. The van der Waals surface area contributed by atoms with E-state index in [2.05, 4.69) is 30.7 Å². The Hall–Kier alpha value is -3.24. The zero-order valence-electron chi connectivity index (χ0n) is 18.2. The number of ether oxygens (including phenoxy) is 1. The van der Waals surface area contributed by atoms with Crippen molar-refractivity contribution in [2.24, 2.45) is 0 Å². The second-order valence-corrected chi connectivity index (χ2v) is 7.89. The summed E-state index contributed by atoms with van der Waals surface area (Å²) in [5, 5.41) is 8.70. The zero-order valence-corrected chi connectivity index (χ0v) is 18.2. The van der Waals surface area contributed by atoms with Crippen LogP contribution < -0.4 is 25.6 Å². The molecule has 1 saturated carbocycles. The molecule has 1 fully saturated rings. The number of hydrogen-bond acceptors (Lipinski definition) is 6. The topological polar surface area (TPSA) is 91.4 Å². The standard InChI is InChI=1S/C21H27F3N6O2/c1-13-25-18(12-19(26-13)30(2)3)27-14-8-10-15(11-9-14)28-20(31)29-16-6-4-5-7-17(16)32-21(22,23)24/h4-7,12,14-15H,8-11H2,1-3H3,(H,25,26,27)(H2,28,29,31). The van der Waals surface area contributed by atoms with E-state index in [9.17, 15) is 18.0 Å². The molecule has 1 aliphatic carbocycles. The Morgan fingerprint density at radius 2 is 1.75 bits per heavy atom. The second-order valence-electron chi connectivity index (χ2n) is 7.89. The van der Waals surface area contributed by atoms with Gasteiger partial charge >= 0.3 is 12.4 Å². The van der Waals surface area contributed by atoms with Crippen molar-refractivity contribution in [2.75, 3.05) is 29.6 Å². The Bertz CT molecular complexity index is 930. The predicted octanol–water partition coefficient (Wildman–Crippen LogP) is 4.29. The van der Waals surface area contributed by atoms with Gasteiger partial charge in [-0.1, -0.05) is 12.1 Å². The van der Waals surface area contributed by atoms with Gasteiger partial charge < -0.3 is 25.6 Å². The lowest BCUT2D eigenvalue weighted by atomic mass is 9.91. The highest BCUT2D eigenvalue weighted by Crippen LogP contribution is 2.30. The average Bonchev–Trinajstić information content (AvgIpc) is 2.69. The van der Waals surface area contributed by atoms with Gasteiger partial charge in [0.2, 0.25) is 0 Å². The highest BCUT2D eigenvalue weighted by molar-refractivity contribution is 5.91. The highest BCUT2D eigenvalue weighted by atomic mass is 19.4. The number of hydrogen-bond donors (Lipinski definition) is 3. The lowest BCUT2D eigenvalue weighted by Gasteiger charge is -2.30. The normalized spacial score (nSPS) is 18.6. The van der Waals surface area contributed by atoms with Crippen molar-refractivity contribution in [3.05, 3.63) is 36.2 Å². The van der Waals surface area contributed by atoms with Gasteiger partial charge in [-0.15, -0.1) is 13.2 Å². The van der Waals surface area contributed by atoms with Crippen LogP contribution in [0, 0.1) is 6.92 Å². The third-order valence-corrected chi connectivity index (χ3v) is 5.06. The molecule has 2 amide bonds. The summed E-state index contributed by atoms with van der Waals surface area (Å²) in [6.45, 7) is 1.84. The number of carbonyl (C=O) groups excluding carboxylic acids is 1. The number of carbonyl (C=O) groups is 1. The van der Waals surface area contributed by atoms with Crippen molar-refractivity contribution in [3.8, 4) is 5.75 Å². The molecular formula is C21H27F3N6O2. The van der Waals surface area contributed by atoms with Gasteiger partial charge in [-0.05, 0) is 44.7 Å². The summed E-state index contributed by atoms with van der Waals surface area (Å²) in [6.07, 6.45) is -1.74. The molecule has 0 spiro atoms. The molecule has 0 aliphatic heterocycles. The Morgan fingerprint density at radius 1 is 1.09 bits per heavy atom. The molecule has 0 unspecified atom stereocenters. The van der Waals surface area contributed by atoms with Crippen molar-refractivity contribution >= 4 is 23.4 Å². The maximum absolute atomic E-state index is 12.5. The molecule has 3 N–H and O–H groups in total. The van der Waals surface area contributed by atoms with Crippen LogP contribution in [0.5, 0.6) is 5.75 Å². The van der Waals surface area contributed by atoms with Crippen molar-refractivity contribution < 1.29 is 22.7 Å². The van der Waals surface area contributed by atoms with Crippen molar-refractivity contribution in [3.63, 3.8) is 0 Å². The minimum Gasteiger partial charge on any atom is -0.404 e. The number of aryl methyl sites for hydroxylation is 1. The number of para-hydroxylation sites is 2. The van der Waals surface area contributed by atoms with Crippen LogP contribution in [0.2, 0.25) is 0 Å². The second kappa shape index (κ2) is 9.92. The van der Waals surface area contributed by atoms with E-state index in [0.29, 0.717) is 5.82 Å². The van der Waals surface area contributed by atoms with Gasteiger partial charge in [-0.25, -0.2) is 14.8 Å². The summed E-state index contributed by atoms with van der Waals surface area (Å²) in [5.74, 6) is 1.80. The quantitative estimate of drug-likeness (QED) is 0.606. The Kier molecular flexibility index (Phi) is 7.26. The number of anilines is 3. The van der Waals surface area contributed by atoms with Gasteiger partial charge in [0.05, 0.1) is 5.69 Å². The number of amides is 2. The lowest BCUT2D eigenvalue weighted by molar-refractivity contribution is -0.274. The molecule has 1 heterocycles. The van der Waals surface area contributed by atoms with Gasteiger partial charge in [-0.2, -0.15) is 0 Å². The molecular weight excluding hydrogens is 425 g/mol. The Labute approximate surface area is 184 Å². The Balaban J connectivity index is 1.50. The first kappa shape index (κ1) is 23.4. The molecule has 1 aromatic carbocycles. The molecule has 0 bridgehead atoms. The van der Waals surface area contributed by atoms with E-state index < -0.39 is 18.1 Å². The molecule has 0 atom stereocenters. The van der Waals surface area contributed by atoms with Crippen LogP contribution in [0.4, 0.5) is 35.3 Å². The lowest BCUT2D eigenvalue weighted by Crippen LogP contribution is -2.42. The molecule has 174 valence electrons. The molecule has 8 nitrogen and oxygen atoms in total. The van der Waals surface area contributed by atoms with Crippen LogP contribution in [0.25, 0.3) is 0 Å². The number of urea groups is 1. The van der Waals surface area contributed by atoms with E-state index in [-0.39, 0.29) is 17.8 Å². The number of nitrogens with one attached hydrogen (secondary N) is 3. The van der Waals surface area contributed by atoms with Gasteiger partial charge in [0.25, 0.3) is 0 Å². The molecule has 2 aromatic rings. The first-order chi connectivity index (χ1) is 15.1. The molecule has 0 saturated heterocycles. The van der Waals surface area contributed by atoms with Crippen LogP contribution in [0.3, 0.4) is 0 Å². The fourth-order valence-corrected chi connectivity index (χ4v) is 3.57. The van der Waals surface area contributed by atoms with Crippen LogP contribution >= 0.6 is 0 Å². The van der Waals surface area contributed by atoms with E-state index >= 15 is 0 Å². The third-order valence-electron chi connectivity index (χ3n) is 5.06. The predicted molar refractivity (Wildman–Crippen MR) is 116 cm³/mol. The molecule has 32 heavy (non-hydrogen) atoms. The molecule has 1 aliphatic rings. The fraction of sp³-hybridized carbons (Fsp3) is 0.476. The van der Waals surface area contributed by atoms with Crippen LogP contribution in [-0.2, 0) is 0 Å². The highest BCUT2D eigenvalue weighted by Gasteiger charge is 2.32. The molecule has 3 rings (SSSR count). The first-order valence-corrected chi connectivity index (χ1v) is 10.3.